The van der Waals surface area contributed by atoms with E-state index in [0.717, 1.165) is 99.4 Å². The maximum absolute atomic E-state index is 14.2. The summed E-state index contributed by atoms with van der Waals surface area (Å²) in [5.74, 6) is 2.48. The summed E-state index contributed by atoms with van der Waals surface area (Å²) in [5.41, 5.74) is 2.81. The second-order valence-electron chi connectivity index (χ2n) is 13.4. The number of nitrogens with zero attached hydrogens (tertiary/aromatic N) is 5. The maximum Gasteiger partial charge on any atom is 0.317 e. The normalized spacial score (nSPS) is 27.6. The molecule has 3 heterocycles. The van der Waals surface area contributed by atoms with Gasteiger partial charge in [0.25, 0.3) is 0 Å². The van der Waals surface area contributed by atoms with Gasteiger partial charge in [-0.15, -0.1) is 0 Å². The SMILES string of the molecule is O=C(C1CCOCC1)N(CC12CCC(c3nc(C4CC4)no3)(CC1)CC2)c1cccc(-c2ccnc(OC3CC3)n2)c1. The molecule has 0 spiro atoms. The van der Waals surface area contributed by atoms with E-state index in [1.165, 1.54) is 12.8 Å². The van der Waals surface area contributed by atoms with E-state index in [4.69, 9.17) is 19.0 Å². The number of hydrogen-bond acceptors (Lipinski definition) is 8. The fourth-order valence-corrected chi connectivity index (χ4v) is 7.30. The van der Waals surface area contributed by atoms with Crippen molar-refractivity contribution in [2.75, 3.05) is 24.7 Å². The quantitative estimate of drug-likeness (QED) is 0.309. The molecule has 42 heavy (non-hydrogen) atoms. The molecule has 220 valence electrons. The van der Waals surface area contributed by atoms with Crippen LogP contribution in [0.1, 0.15) is 94.7 Å². The van der Waals surface area contributed by atoms with Crippen molar-refractivity contribution < 1.29 is 18.8 Å². The van der Waals surface area contributed by atoms with Crippen molar-refractivity contribution >= 4 is 11.6 Å². The fraction of sp³-hybridized carbons (Fsp3) is 0.606. The first-order chi connectivity index (χ1) is 20.6. The third-order valence-corrected chi connectivity index (χ3v) is 10.5. The lowest BCUT2D eigenvalue weighted by molar-refractivity contribution is -0.126. The average Bonchev–Trinajstić information content (AvgIpc) is 4.00. The molecule has 0 radical (unpaired) electrons. The molecule has 5 saturated carbocycles. The molecule has 1 amide bonds. The van der Waals surface area contributed by atoms with E-state index in [9.17, 15) is 4.79 Å². The van der Waals surface area contributed by atoms with Gasteiger partial charge in [-0.1, -0.05) is 17.3 Å². The molecule has 9 heteroatoms. The summed E-state index contributed by atoms with van der Waals surface area (Å²) < 4.78 is 17.3. The van der Waals surface area contributed by atoms with Crippen molar-refractivity contribution in [2.24, 2.45) is 11.3 Å². The molecule has 2 bridgehead atoms. The second-order valence-corrected chi connectivity index (χ2v) is 13.4. The lowest BCUT2D eigenvalue weighted by Crippen LogP contribution is -2.52. The average molecular weight is 570 g/mol. The van der Waals surface area contributed by atoms with Gasteiger partial charge in [0.15, 0.2) is 5.82 Å². The minimum Gasteiger partial charge on any atom is -0.460 e. The zero-order valence-corrected chi connectivity index (χ0v) is 24.2. The molecular formula is C33H39N5O4. The number of carbonyl (C=O) groups excluding carboxylic acids is 1. The van der Waals surface area contributed by atoms with Crippen molar-refractivity contribution in [3.05, 3.63) is 48.2 Å². The zero-order chi connectivity index (χ0) is 28.1. The number of anilines is 1. The summed E-state index contributed by atoms with van der Waals surface area (Å²) in [5, 5.41) is 4.33. The molecule has 1 aromatic carbocycles. The Morgan fingerprint density at radius 1 is 0.952 bits per heavy atom. The largest absolute Gasteiger partial charge is 0.460 e. The third kappa shape index (κ3) is 5.10. The number of ether oxygens (including phenoxy) is 2. The second kappa shape index (κ2) is 10.4. The van der Waals surface area contributed by atoms with Crippen LogP contribution in [-0.2, 0) is 14.9 Å². The number of rotatable bonds is 9. The number of benzene rings is 1. The van der Waals surface area contributed by atoms with E-state index >= 15 is 0 Å². The monoisotopic (exact) mass is 569 g/mol. The van der Waals surface area contributed by atoms with E-state index in [2.05, 4.69) is 38.2 Å². The van der Waals surface area contributed by atoms with Crippen LogP contribution >= 0.6 is 0 Å². The number of amides is 1. The number of hydrogen-bond donors (Lipinski definition) is 0. The Kier molecular flexibility index (Phi) is 6.54. The number of carbonyl (C=O) groups is 1. The molecule has 0 unspecified atom stereocenters. The van der Waals surface area contributed by atoms with Gasteiger partial charge < -0.3 is 18.9 Å². The van der Waals surface area contributed by atoms with Gasteiger partial charge in [-0.05, 0) is 101 Å². The number of fused-ring (bicyclic) bond motifs is 3. The highest BCUT2D eigenvalue weighted by Gasteiger charge is 2.53. The minimum atomic E-state index is -0.0121. The van der Waals surface area contributed by atoms with Crippen molar-refractivity contribution in [3.63, 3.8) is 0 Å². The van der Waals surface area contributed by atoms with Crippen molar-refractivity contribution in [1.82, 2.24) is 20.1 Å². The predicted octanol–water partition coefficient (Wildman–Crippen LogP) is 6.00. The Morgan fingerprint density at radius 2 is 1.74 bits per heavy atom. The molecule has 6 aliphatic rings. The van der Waals surface area contributed by atoms with Crippen molar-refractivity contribution in [2.45, 2.75) is 94.5 Å². The lowest BCUT2D eigenvalue weighted by Gasteiger charge is -2.53. The highest BCUT2D eigenvalue weighted by molar-refractivity contribution is 5.95. The number of aromatic nitrogens is 4. The molecule has 0 N–H and O–H groups in total. The summed E-state index contributed by atoms with van der Waals surface area (Å²) >= 11 is 0. The van der Waals surface area contributed by atoms with Gasteiger partial charge in [-0.3, -0.25) is 4.79 Å². The molecule has 9 nitrogen and oxygen atoms in total. The Bertz CT molecular complexity index is 1430. The van der Waals surface area contributed by atoms with Gasteiger partial charge in [0.2, 0.25) is 11.8 Å². The van der Waals surface area contributed by atoms with E-state index in [1.807, 2.05) is 12.1 Å². The topological polar surface area (TPSA) is 103 Å². The standard InChI is InChI=1S/C33H39N5O4/c39-29(23-9-18-40-19-10-23)38(25-3-1-2-24(20-25)27-8-17-34-31(35-27)41-26-6-7-26)21-32-11-14-33(15-12-32,16-13-32)30-36-28(37-42-30)22-4-5-22/h1-3,8,17,20,22-23,26H,4-7,9-16,18-19,21H2. The maximum atomic E-state index is 14.2. The van der Waals surface area contributed by atoms with Gasteiger partial charge in [0.05, 0.1) is 5.69 Å². The van der Waals surface area contributed by atoms with Crippen LogP contribution in [0.15, 0.2) is 41.1 Å². The minimum absolute atomic E-state index is 0.00458. The molecule has 6 fully saturated rings. The van der Waals surface area contributed by atoms with Gasteiger partial charge in [-0.2, -0.15) is 9.97 Å². The lowest BCUT2D eigenvalue weighted by atomic mass is 9.53. The van der Waals surface area contributed by atoms with Crippen LogP contribution in [0.5, 0.6) is 6.01 Å². The molecule has 2 aromatic heterocycles. The van der Waals surface area contributed by atoms with Crippen molar-refractivity contribution in [1.29, 1.82) is 0 Å². The Labute approximate surface area is 246 Å². The molecule has 9 rings (SSSR count). The van der Waals surface area contributed by atoms with Crippen LogP contribution in [0.25, 0.3) is 11.3 Å². The molecule has 1 aliphatic heterocycles. The highest BCUT2D eigenvalue weighted by atomic mass is 16.5. The Balaban J connectivity index is 1.05. The van der Waals surface area contributed by atoms with Crippen LogP contribution in [0.3, 0.4) is 0 Å². The summed E-state index contributed by atoms with van der Waals surface area (Å²) in [6, 6.07) is 10.6. The first-order valence-corrected chi connectivity index (χ1v) is 15.9. The van der Waals surface area contributed by atoms with Crippen LogP contribution in [0.2, 0.25) is 0 Å². The molecule has 0 atom stereocenters. The molecular weight excluding hydrogens is 530 g/mol. The van der Waals surface area contributed by atoms with Crippen LogP contribution in [-0.4, -0.2) is 51.9 Å². The van der Waals surface area contributed by atoms with E-state index in [0.29, 0.717) is 25.1 Å². The molecule has 3 aromatic rings. The predicted molar refractivity (Wildman–Crippen MR) is 155 cm³/mol. The van der Waals surface area contributed by atoms with Gasteiger partial charge in [-0.25, -0.2) is 4.98 Å². The van der Waals surface area contributed by atoms with Gasteiger partial charge >= 0.3 is 6.01 Å². The third-order valence-electron chi connectivity index (χ3n) is 10.5. The van der Waals surface area contributed by atoms with Gasteiger partial charge in [0.1, 0.15) is 6.10 Å². The Morgan fingerprint density at radius 3 is 2.48 bits per heavy atom. The highest BCUT2D eigenvalue weighted by Crippen LogP contribution is 2.58. The van der Waals surface area contributed by atoms with Crippen LogP contribution in [0.4, 0.5) is 5.69 Å². The van der Waals surface area contributed by atoms with Crippen LogP contribution < -0.4 is 9.64 Å². The summed E-state index contributed by atoms with van der Waals surface area (Å²) in [6.45, 7) is 2.03. The molecule has 1 saturated heterocycles. The van der Waals surface area contributed by atoms with Crippen molar-refractivity contribution in [3.8, 4) is 17.3 Å². The summed E-state index contributed by atoms with van der Waals surface area (Å²) in [4.78, 5) is 30.2. The zero-order valence-electron chi connectivity index (χ0n) is 24.2. The summed E-state index contributed by atoms with van der Waals surface area (Å²) in [7, 11) is 0. The van der Waals surface area contributed by atoms with E-state index < -0.39 is 0 Å². The Hall–Kier alpha value is -3.33. The fourth-order valence-electron chi connectivity index (χ4n) is 7.30. The van der Waals surface area contributed by atoms with Crippen LogP contribution in [0, 0.1) is 11.3 Å². The molecule has 5 aliphatic carbocycles. The first-order valence-electron chi connectivity index (χ1n) is 15.9. The van der Waals surface area contributed by atoms with E-state index in [1.54, 1.807) is 6.20 Å². The first kappa shape index (κ1) is 26.3. The van der Waals surface area contributed by atoms with Gasteiger partial charge in [0, 0.05) is 54.5 Å². The smallest absolute Gasteiger partial charge is 0.317 e. The van der Waals surface area contributed by atoms with E-state index in [-0.39, 0.29) is 28.8 Å². The summed E-state index contributed by atoms with van der Waals surface area (Å²) in [6.07, 6.45) is 14.4.